The number of hydrogen-bond acceptors (Lipinski definition) is 4. The summed E-state index contributed by atoms with van der Waals surface area (Å²) in [7, 11) is 0. The lowest BCUT2D eigenvalue weighted by Crippen LogP contribution is -2.34. The first kappa shape index (κ1) is 25.2. The van der Waals surface area contributed by atoms with Gasteiger partial charge in [0.25, 0.3) is 5.91 Å². The van der Waals surface area contributed by atoms with E-state index in [2.05, 4.69) is 17.1 Å². The number of benzene rings is 3. The summed E-state index contributed by atoms with van der Waals surface area (Å²) in [5, 5.41) is 18.3. The summed E-state index contributed by atoms with van der Waals surface area (Å²) >= 11 is 0. The first-order chi connectivity index (χ1) is 17.7. The van der Waals surface area contributed by atoms with Crippen molar-refractivity contribution in [3.63, 3.8) is 0 Å². The maximum absolute atomic E-state index is 13.7. The molecular formula is C30H33N3O3. The zero-order valence-corrected chi connectivity index (χ0v) is 20.6. The topological polar surface area (TPSA) is 78.5 Å². The third-order valence-electron chi connectivity index (χ3n) is 6.17. The Kier molecular flexibility index (Phi) is 8.89. The smallest absolute Gasteiger partial charge is 0.256 e. The summed E-state index contributed by atoms with van der Waals surface area (Å²) in [6.07, 6.45) is 6.77. The van der Waals surface area contributed by atoms with Crippen LogP contribution in [0.2, 0.25) is 0 Å². The van der Waals surface area contributed by atoms with E-state index in [-0.39, 0.29) is 12.5 Å². The normalized spacial score (nSPS) is 11.7. The van der Waals surface area contributed by atoms with Crippen molar-refractivity contribution in [3.05, 3.63) is 108 Å². The molecule has 0 saturated carbocycles. The maximum atomic E-state index is 13.7. The molecule has 6 nitrogen and oxygen atoms in total. The van der Waals surface area contributed by atoms with Crippen LogP contribution in [0.25, 0.3) is 11.1 Å². The fourth-order valence-corrected chi connectivity index (χ4v) is 4.13. The Bertz CT molecular complexity index is 1210. The number of aliphatic hydroxyl groups excluding tert-OH is 1. The minimum Gasteiger partial charge on any atom is -0.493 e. The Morgan fingerprint density at radius 1 is 0.944 bits per heavy atom. The van der Waals surface area contributed by atoms with Gasteiger partial charge in [-0.15, -0.1) is 0 Å². The van der Waals surface area contributed by atoms with Crippen molar-refractivity contribution < 1.29 is 14.6 Å². The van der Waals surface area contributed by atoms with Crippen molar-refractivity contribution in [2.45, 2.75) is 45.4 Å². The number of hydrogen-bond donors (Lipinski definition) is 2. The summed E-state index contributed by atoms with van der Waals surface area (Å²) in [4.78, 5) is 15.2. The number of amides is 1. The SMILES string of the molecule is CCCCCCOc1ccccc1C(O)N(Cc1ccccc1)C(=O)c1ccc(-c2cn[nH]c2)cc1. The molecule has 36 heavy (non-hydrogen) atoms. The van der Waals surface area contributed by atoms with E-state index in [0.717, 1.165) is 36.0 Å². The molecule has 1 heterocycles. The Morgan fingerprint density at radius 3 is 2.42 bits per heavy atom. The Balaban J connectivity index is 1.58. The molecule has 0 aliphatic heterocycles. The molecule has 0 aliphatic carbocycles. The van der Waals surface area contributed by atoms with Crippen molar-refractivity contribution >= 4 is 5.91 Å². The number of aliphatic hydroxyl groups is 1. The Labute approximate surface area is 212 Å². The van der Waals surface area contributed by atoms with Gasteiger partial charge in [0.1, 0.15) is 5.75 Å². The van der Waals surface area contributed by atoms with Crippen LogP contribution in [0.1, 0.15) is 60.3 Å². The quantitative estimate of drug-likeness (QED) is 0.181. The number of ether oxygens (including phenoxy) is 1. The Hall–Kier alpha value is -3.90. The molecule has 4 aromatic rings. The van der Waals surface area contributed by atoms with E-state index in [1.54, 1.807) is 18.3 Å². The van der Waals surface area contributed by atoms with Crippen molar-refractivity contribution in [1.29, 1.82) is 0 Å². The number of nitrogens with zero attached hydrogens (tertiary/aromatic N) is 2. The molecule has 4 rings (SSSR count). The zero-order chi connectivity index (χ0) is 25.2. The number of aromatic nitrogens is 2. The Morgan fingerprint density at radius 2 is 1.69 bits per heavy atom. The van der Waals surface area contributed by atoms with E-state index < -0.39 is 6.23 Å². The second kappa shape index (κ2) is 12.7. The molecule has 2 N–H and O–H groups in total. The second-order valence-corrected chi connectivity index (χ2v) is 8.80. The molecule has 0 bridgehead atoms. The van der Waals surface area contributed by atoms with Crippen LogP contribution in [0, 0.1) is 0 Å². The minimum absolute atomic E-state index is 0.259. The fourth-order valence-electron chi connectivity index (χ4n) is 4.13. The van der Waals surface area contributed by atoms with E-state index in [1.807, 2.05) is 72.9 Å². The van der Waals surface area contributed by atoms with Crippen molar-refractivity contribution in [2.24, 2.45) is 0 Å². The lowest BCUT2D eigenvalue weighted by molar-refractivity contribution is 0.000923. The van der Waals surface area contributed by atoms with Crippen LogP contribution in [-0.4, -0.2) is 32.7 Å². The standard InChI is InChI=1S/C30H33N3O3/c1-2-3-4-10-19-36-28-14-9-8-13-27(28)30(35)33(22-23-11-6-5-7-12-23)29(34)25-17-15-24(16-18-25)26-20-31-32-21-26/h5-9,11-18,20-21,30,35H,2-4,10,19,22H2,1H3,(H,31,32). The minimum atomic E-state index is -1.17. The number of para-hydroxylation sites is 1. The average molecular weight is 484 g/mol. The van der Waals surface area contributed by atoms with Gasteiger partial charge in [-0.1, -0.05) is 86.8 Å². The van der Waals surface area contributed by atoms with Crippen LogP contribution in [-0.2, 0) is 6.54 Å². The summed E-state index contributed by atoms with van der Waals surface area (Å²) in [5.74, 6) is 0.338. The van der Waals surface area contributed by atoms with Crippen molar-refractivity contribution in [1.82, 2.24) is 15.1 Å². The van der Waals surface area contributed by atoms with Gasteiger partial charge in [0.05, 0.1) is 12.8 Å². The first-order valence-corrected chi connectivity index (χ1v) is 12.5. The molecule has 1 atom stereocenters. The molecule has 6 heteroatoms. The highest BCUT2D eigenvalue weighted by atomic mass is 16.5. The number of rotatable bonds is 12. The van der Waals surface area contributed by atoms with Gasteiger partial charge in [-0.2, -0.15) is 5.10 Å². The number of unbranched alkanes of at least 4 members (excludes halogenated alkanes) is 3. The lowest BCUT2D eigenvalue weighted by Gasteiger charge is -2.30. The monoisotopic (exact) mass is 483 g/mol. The predicted molar refractivity (Wildman–Crippen MR) is 141 cm³/mol. The predicted octanol–water partition coefficient (Wildman–Crippen LogP) is 6.37. The average Bonchev–Trinajstić information content (AvgIpc) is 3.47. The third-order valence-corrected chi connectivity index (χ3v) is 6.17. The number of aromatic amines is 1. The summed E-state index contributed by atoms with van der Waals surface area (Å²) in [6, 6.07) is 24.4. The van der Waals surface area contributed by atoms with Gasteiger partial charge in [-0.05, 0) is 35.7 Å². The second-order valence-electron chi connectivity index (χ2n) is 8.80. The molecule has 3 aromatic carbocycles. The van der Waals surface area contributed by atoms with Gasteiger partial charge in [-0.25, -0.2) is 0 Å². The van der Waals surface area contributed by atoms with Crippen molar-refractivity contribution in [3.8, 4) is 16.9 Å². The van der Waals surface area contributed by atoms with Gasteiger partial charge in [0.15, 0.2) is 6.23 Å². The number of carbonyl (C=O) groups is 1. The first-order valence-electron chi connectivity index (χ1n) is 12.5. The highest BCUT2D eigenvalue weighted by Gasteiger charge is 2.27. The van der Waals surface area contributed by atoms with Gasteiger partial charge in [0.2, 0.25) is 0 Å². The molecule has 0 fully saturated rings. The van der Waals surface area contributed by atoms with Crippen LogP contribution in [0.15, 0.2) is 91.3 Å². The largest absolute Gasteiger partial charge is 0.493 e. The van der Waals surface area contributed by atoms with Crippen molar-refractivity contribution in [2.75, 3.05) is 6.61 Å². The van der Waals surface area contributed by atoms with Crippen LogP contribution in [0.5, 0.6) is 5.75 Å². The van der Waals surface area contributed by atoms with Crippen LogP contribution in [0.3, 0.4) is 0 Å². The molecule has 186 valence electrons. The van der Waals surface area contributed by atoms with E-state index in [9.17, 15) is 9.90 Å². The van der Waals surface area contributed by atoms with Crippen LogP contribution >= 0.6 is 0 Å². The lowest BCUT2D eigenvalue weighted by atomic mass is 10.0. The summed E-state index contributed by atoms with van der Waals surface area (Å²) in [6.45, 7) is 3.01. The maximum Gasteiger partial charge on any atom is 0.256 e. The molecule has 0 aliphatic rings. The van der Waals surface area contributed by atoms with Gasteiger partial charge < -0.3 is 14.7 Å². The molecular weight excluding hydrogens is 450 g/mol. The van der Waals surface area contributed by atoms with E-state index in [4.69, 9.17) is 4.74 Å². The van der Waals surface area contributed by atoms with Gasteiger partial charge in [-0.3, -0.25) is 9.89 Å². The number of H-pyrrole nitrogens is 1. The molecule has 0 saturated heterocycles. The van der Waals surface area contributed by atoms with E-state index >= 15 is 0 Å². The van der Waals surface area contributed by atoms with Crippen LogP contribution in [0.4, 0.5) is 0 Å². The number of carbonyl (C=O) groups excluding carboxylic acids is 1. The highest BCUT2D eigenvalue weighted by molar-refractivity contribution is 5.95. The molecule has 1 unspecified atom stereocenters. The molecule has 0 radical (unpaired) electrons. The number of nitrogens with one attached hydrogen (secondary N) is 1. The summed E-state index contributed by atoms with van der Waals surface area (Å²) < 4.78 is 6.04. The fraction of sp³-hybridized carbons (Fsp3) is 0.267. The van der Waals surface area contributed by atoms with Gasteiger partial charge in [0, 0.05) is 29.4 Å². The summed E-state index contributed by atoms with van der Waals surface area (Å²) in [5.41, 5.74) is 3.90. The van der Waals surface area contributed by atoms with E-state index in [0.29, 0.717) is 23.5 Å². The van der Waals surface area contributed by atoms with Gasteiger partial charge >= 0.3 is 0 Å². The molecule has 0 spiro atoms. The molecule has 1 aromatic heterocycles. The third kappa shape index (κ3) is 6.40. The van der Waals surface area contributed by atoms with E-state index in [1.165, 1.54) is 11.3 Å². The zero-order valence-electron chi connectivity index (χ0n) is 20.6. The molecule has 1 amide bonds. The highest BCUT2D eigenvalue weighted by Crippen LogP contribution is 2.30. The van der Waals surface area contributed by atoms with Crippen LogP contribution < -0.4 is 4.74 Å².